The Kier molecular flexibility index (Phi) is 4.99. The Bertz CT molecular complexity index is 1550. The first-order valence-electron chi connectivity index (χ1n) is 10.0. The van der Waals surface area contributed by atoms with Crippen molar-refractivity contribution in [2.75, 3.05) is 0 Å². The van der Waals surface area contributed by atoms with Crippen LogP contribution in [0.3, 0.4) is 0 Å². The summed E-state index contributed by atoms with van der Waals surface area (Å²) in [6, 6.07) is 18.0. The average Bonchev–Trinajstić information content (AvgIpc) is 2.88. The number of nitrogens with one attached hydrogen (secondary N) is 1. The number of sulfonamides is 1. The highest BCUT2D eigenvalue weighted by molar-refractivity contribution is 7.95. The number of halogens is 3. The predicted molar refractivity (Wildman–Crippen MR) is 123 cm³/mol. The van der Waals surface area contributed by atoms with Crippen LogP contribution in [0.4, 0.5) is 13.2 Å². The molecule has 0 fully saturated rings. The van der Waals surface area contributed by atoms with E-state index < -0.39 is 23.3 Å². The van der Waals surface area contributed by atoms with E-state index in [1.807, 2.05) is 24.3 Å². The van der Waals surface area contributed by atoms with Gasteiger partial charge in [0.05, 0.1) is 0 Å². The molecule has 0 aliphatic carbocycles. The fraction of sp³-hybridized carbons (Fsp3) is 0.130. The molecular weight excluding hydrogens is 490 g/mol. The molecule has 34 heavy (non-hydrogen) atoms. The van der Waals surface area contributed by atoms with E-state index in [1.54, 1.807) is 50.2 Å². The van der Waals surface area contributed by atoms with Crippen molar-refractivity contribution in [2.45, 2.75) is 19.4 Å². The van der Waals surface area contributed by atoms with Crippen LogP contribution in [0.1, 0.15) is 11.1 Å². The second-order valence-electron chi connectivity index (χ2n) is 7.96. The summed E-state index contributed by atoms with van der Waals surface area (Å²) >= 11 is 0. The van der Waals surface area contributed by atoms with Gasteiger partial charge in [-0.2, -0.15) is 13.2 Å². The fourth-order valence-electron chi connectivity index (χ4n) is 4.16. The summed E-state index contributed by atoms with van der Waals surface area (Å²) in [7, 11) is -11.2. The SMILES string of the molecule is Cc1cc2ccccc2c2c1OP(=O)(NS(=O)(=O)C(F)(F)F)Oc1c(C)cc3ccccc3c1-2. The predicted octanol–water partition coefficient (Wildman–Crippen LogP) is 6.60. The molecule has 0 saturated carbocycles. The van der Waals surface area contributed by atoms with E-state index in [4.69, 9.17) is 9.05 Å². The van der Waals surface area contributed by atoms with E-state index in [9.17, 15) is 26.2 Å². The van der Waals surface area contributed by atoms with E-state index >= 15 is 0 Å². The van der Waals surface area contributed by atoms with E-state index in [1.165, 1.54) is 0 Å². The first kappa shape index (κ1) is 22.7. The van der Waals surface area contributed by atoms with Crippen LogP contribution in [-0.4, -0.2) is 13.9 Å². The third-order valence-electron chi connectivity index (χ3n) is 5.58. The lowest BCUT2D eigenvalue weighted by Gasteiger charge is -2.20. The molecule has 5 rings (SSSR count). The molecule has 4 aromatic rings. The van der Waals surface area contributed by atoms with Crippen LogP contribution in [0.2, 0.25) is 0 Å². The van der Waals surface area contributed by atoms with Crippen LogP contribution in [0, 0.1) is 13.8 Å². The third kappa shape index (κ3) is 3.53. The number of benzene rings is 4. The van der Waals surface area contributed by atoms with Crippen molar-refractivity contribution in [2.24, 2.45) is 0 Å². The Hall–Kier alpha value is -3.07. The zero-order valence-corrected chi connectivity index (χ0v) is 19.5. The molecule has 6 nitrogen and oxygen atoms in total. The molecule has 1 aliphatic heterocycles. The van der Waals surface area contributed by atoms with E-state index in [0.29, 0.717) is 33.0 Å². The lowest BCUT2D eigenvalue weighted by molar-refractivity contribution is -0.0443. The Morgan fingerprint density at radius 3 is 1.62 bits per heavy atom. The van der Waals surface area contributed by atoms with Gasteiger partial charge in [-0.25, -0.2) is 13.0 Å². The number of alkyl halides is 3. The maximum atomic E-state index is 13.6. The van der Waals surface area contributed by atoms with Gasteiger partial charge in [-0.3, -0.25) is 0 Å². The maximum absolute atomic E-state index is 13.6. The second-order valence-corrected chi connectivity index (χ2v) is 11.5. The molecule has 4 aromatic carbocycles. The highest BCUT2D eigenvalue weighted by Crippen LogP contribution is 2.59. The van der Waals surface area contributed by atoms with Crippen molar-refractivity contribution >= 4 is 39.3 Å². The van der Waals surface area contributed by atoms with E-state index in [2.05, 4.69) is 0 Å². The topological polar surface area (TPSA) is 81.7 Å². The van der Waals surface area contributed by atoms with Crippen LogP contribution in [-0.2, 0) is 14.6 Å². The van der Waals surface area contributed by atoms with Crippen molar-refractivity contribution in [3.8, 4) is 22.6 Å². The summed E-state index contributed by atoms with van der Waals surface area (Å²) in [4.78, 5) is 0. The molecule has 0 spiro atoms. The van der Waals surface area contributed by atoms with Gasteiger partial charge in [-0.15, -0.1) is 0 Å². The van der Waals surface area contributed by atoms with Crippen molar-refractivity contribution in [1.82, 2.24) is 4.49 Å². The highest BCUT2D eigenvalue weighted by Gasteiger charge is 2.52. The van der Waals surface area contributed by atoms with Gasteiger partial charge < -0.3 is 9.05 Å². The van der Waals surface area contributed by atoms with Crippen molar-refractivity contribution in [1.29, 1.82) is 0 Å². The minimum atomic E-state index is -6.05. The smallest absolute Gasteiger partial charge is 0.403 e. The van der Waals surface area contributed by atoms with Gasteiger partial charge in [0.25, 0.3) is 0 Å². The zero-order valence-electron chi connectivity index (χ0n) is 17.8. The Balaban J connectivity index is 1.91. The lowest BCUT2D eigenvalue weighted by Crippen LogP contribution is -2.36. The molecule has 176 valence electrons. The quantitative estimate of drug-likeness (QED) is 0.310. The molecule has 0 atom stereocenters. The molecule has 1 N–H and O–H groups in total. The molecule has 1 heterocycles. The molecule has 0 bridgehead atoms. The molecule has 0 amide bonds. The summed E-state index contributed by atoms with van der Waals surface area (Å²) in [6.07, 6.45) is 0. The van der Waals surface area contributed by atoms with Crippen molar-refractivity contribution in [3.63, 3.8) is 0 Å². The van der Waals surface area contributed by atoms with Gasteiger partial charge in [-0.1, -0.05) is 53.0 Å². The summed E-state index contributed by atoms with van der Waals surface area (Å²) in [5.41, 5.74) is -3.92. The van der Waals surface area contributed by atoms with Gasteiger partial charge in [0, 0.05) is 11.1 Å². The van der Waals surface area contributed by atoms with Crippen LogP contribution in [0.25, 0.3) is 32.7 Å². The zero-order chi connectivity index (χ0) is 24.5. The van der Waals surface area contributed by atoms with Crippen LogP contribution < -0.4 is 13.5 Å². The van der Waals surface area contributed by atoms with Crippen LogP contribution >= 0.6 is 7.75 Å². The Morgan fingerprint density at radius 2 is 1.21 bits per heavy atom. The molecule has 0 aromatic heterocycles. The standard InChI is InChI=1S/C23H17F3NO5PS/c1-13-11-15-7-3-5-9-17(15)19-20-18-10-6-4-8-16(18)12-14(2)22(20)32-33(28,31-21(13)19)27-34(29,30)23(24,25)26/h3-12H,1-2H3,(H,27,28). The van der Waals surface area contributed by atoms with Gasteiger partial charge in [0.2, 0.25) is 0 Å². The third-order valence-corrected chi connectivity index (χ3v) is 8.90. The van der Waals surface area contributed by atoms with Gasteiger partial charge >= 0.3 is 23.3 Å². The monoisotopic (exact) mass is 507 g/mol. The number of rotatable bonds is 2. The van der Waals surface area contributed by atoms with Gasteiger partial charge in [0.1, 0.15) is 11.5 Å². The van der Waals surface area contributed by atoms with Gasteiger partial charge in [0.15, 0.2) is 0 Å². The number of fused-ring (bicyclic) bond motifs is 7. The molecule has 0 saturated heterocycles. The number of aryl methyl sites for hydroxylation is 2. The van der Waals surface area contributed by atoms with E-state index in [0.717, 1.165) is 15.3 Å². The molecule has 0 unspecified atom stereocenters. The summed E-state index contributed by atoms with van der Waals surface area (Å²) in [5, 5.41) is 2.98. The molecule has 11 heteroatoms. The van der Waals surface area contributed by atoms with Crippen molar-refractivity contribution < 1.29 is 35.2 Å². The molecular formula is C23H17F3NO5PS. The average molecular weight is 507 g/mol. The van der Waals surface area contributed by atoms with Crippen LogP contribution in [0.5, 0.6) is 11.5 Å². The first-order valence-corrected chi connectivity index (χ1v) is 13.1. The number of hydrogen-bond donors (Lipinski definition) is 1. The lowest BCUT2D eigenvalue weighted by atomic mass is 9.89. The maximum Gasteiger partial charge on any atom is 0.526 e. The van der Waals surface area contributed by atoms with E-state index in [-0.39, 0.29) is 11.5 Å². The second kappa shape index (κ2) is 7.46. The fourth-order valence-corrected chi connectivity index (χ4v) is 7.04. The Labute approximate surface area is 192 Å². The highest BCUT2D eigenvalue weighted by atomic mass is 32.2. The minimum absolute atomic E-state index is 0.0265. The molecule has 1 aliphatic rings. The summed E-state index contributed by atoms with van der Waals surface area (Å²) in [5.74, 6) is -0.0529. The first-order chi connectivity index (χ1) is 15.9. The largest absolute Gasteiger partial charge is 0.526 e. The normalized spacial score (nSPS) is 15.2. The van der Waals surface area contributed by atoms with Gasteiger partial charge in [-0.05, 0) is 58.7 Å². The van der Waals surface area contributed by atoms with Crippen molar-refractivity contribution in [3.05, 3.63) is 71.8 Å². The minimum Gasteiger partial charge on any atom is -0.403 e. The summed E-state index contributed by atoms with van der Waals surface area (Å²) in [6.45, 7) is 3.27. The van der Waals surface area contributed by atoms with Crippen LogP contribution in [0.15, 0.2) is 60.7 Å². The molecule has 0 radical (unpaired) electrons. The number of hydrogen-bond acceptors (Lipinski definition) is 5. The Morgan fingerprint density at radius 1 is 0.794 bits per heavy atom. The summed E-state index contributed by atoms with van der Waals surface area (Å²) < 4.78 is 89.0.